The van der Waals surface area contributed by atoms with Crippen molar-refractivity contribution in [3.63, 3.8) is 0 Å². The monoisotopic (exact) mass is 159 g/mol. The molecule has 1 rings (SSSR count). The van der Waals surface area contributed by atoms with Gasteiger partial charge in [0.15, 0.2) is 0 Å². The second-order valence-corrected chi connectivity index (χ2v) is 3.34. The molecule has 0 aliphatic heterocycles. The van der Waals surface area contributed by atoms with Gasteiger partial charge in [0.2, 0.25) is 0 Å². The van der Waals surface area contributed by atoms with Gasteiger partial charge in [-0.25, -0.2) is 0 Å². The fourth-order valence-electron chi connectivity index (χ4n) is 0.486. The largest absolute Gasteiger partial charge is 0.175 e. The van der Waals surface area contributed by atoms with E-state index in [1.807, 2.05) is 0 Å². The van der Waals surface area contributed by atoms with E-state index in [1.165, 1.54) is 0 Å². The molecular formula is C5H7N2S2. The molecule has 0 fully saturated rings. The van der Waals surface area contributed by atoms with Gasteiger partial charge in [-0.2, -0.15) is 12.6 Å². The molecule has 0 amide bonds. The number of aromatic nitrogens is 2. The predicted octanol–water partition coefficient (Wildman–Crippen LogP) is 1.21. The first-order chi connectivity index (χ1) is 4.29. The number of thiol groups is 1. The average Bonchev–Trinajstić information content (AvgIpc) is 2.15. The number of rotatable bonds is 2. The molecule has 0 aromatic carbocycles. The van der Waals surface area contributed by atoms with Crippen LogP contribution in [0.4, 0.5) is 0 Å². The second-order valence-electron chi connectivity index (χ2n) is 1.69. The topological polar surface area (TPSA) is 25.8 Å². The van der Waals surface area contributed by atoms with Crippen molar-refractivity contribution in [1.82, 2.24) is 10.2 Å². The normalized spacial score (nSPS) is 13.6. The molecule has 49 valence electrons. The first-order valence-electron chi connectivity index (χ1n) is 2.55. The smallest absolute Gasteiger partial charge is 0.118 e. The molecule has 0 aliphatic rings. The lowest BCUT2D eigenvalue weighted by Crippen LogP contribution is -1.96. The maximum absolute atomic E-state index is 4.11. The zero-order valence-corrected chi connectivity index (χ0v) is 6.53. The predicted molar refractivity (Wildman–Crippen MR) is 41.7 cm³/mol. The molecular weight excluding hydrogens is 152 g/mol. The summed E-state index contributed by atoms with van der Waals surface area (Å²) in [4.78, 5) is 0. The summed E-state index contributed by atoms with van der Waals surface area (Å²) >= 11 is 5.65. The average molecular weight is 159 g/mol. The molecule has 0 aliphatic carbocycles. The minimum atomic E-state index is 0.137. The van der Waals surface area contributed by atoms with Crippen LogP contribution in [0.1, 0.15) is 5.01 Å². The number of hydrogen-bond acceptors (Lipinski definition) is 4. The van der Waals surface area contributed by atoms with E-state index in [-0.39, 0.29) is 5.25 Å². The van der Waals surface area contributed by atoms with Crippen LogP contribution in [-0.4, -0.2) is 15.4 Å². The molecule has 2 nitrogen and oxygen atoms in total. The SMILES string of the molecule is [CH2]C(S)Cc1nncs1. The van der Waals surface area contributed by atoms with Crippen molar-refractivity contribution >= 4 is 24.0 Å². The molecule has 1 heterocycles. The van der Waals surface area contributed by atoms with Gasteiger partial charge in [0, 0.05) is 11.7 Å². The van der Waals surface area contributed by atoms with Crippen LogP contribution in [-0.2, 0) is 6.42 Å². The van der Waals surface area contributed by atoms with Crippen molar-refractivity contribution in [3.8, 4) is 0 Å². The fourth-order valence-corrected chi connectivity index (χ4v) is 1.39. The van der Waals surface area contributed by atoms with Crippen molar-refractivity contribution in [2.75, 3.05) is 0 Å². The van der Waals surface area contributed by atoms with Crippen LogP contribution < -0.4 is 0 Å². The molecule has 0 saturated heterocycles. The molecule has 9 heavy (non-hydrogen) atoms. The lowest BCUT2D eigenvalue weighted by molar-refractivity contribution is 0.940. The Labute approximate surface area is 63.7 Å². The molecule has 1 unspecified atom stereocenters. The van der Waals surface area contributed by atoms with Gasteiger partial charge in [-0.15, -0.1) is 21.5 Å². The highest BCUT2D eigenvalue weighted by molar-refractivity contribution is 7.81. The Morgan fingerprint density at radius 3 is 3.11 bits per heavy atom. The number of nitrogens with zero attached hydrogens (tertiary/aromatic N) is 2. The van der Waals surface area contributed by atoms with E-state index >= 15 is 0 Å². The van der Waals surface area contributed by atoms with Crippen LogP contribution in [0, 0.1) is 6.92 Å². The van der Waals surface area contributed by atoms with Crippen molar-refractivity contribution in [3.05, 3.63) is 17.4 Å². The van der Waals surface area contributed by atoms with Crippen LogP contribution >= 0.6 is 24.0 Å². The van der Waals surface area contributed by atoms with E-state index < -0.39 is 0 Å². The molecule has 4 heteroatoms. The zero-order valence-electron chi connectivity index (χ0n) is 4.82. The Bertz CT molecular complexity index is 159. The Balaban J connectivity index is 2.48. The molecule has 0 N–H and O–H groups in total. The minimum Gasteiger partial charge on any atom is -0.175 e. The molecule has 1 atom stereocenters. The van der Waals surface area contributed by atoms with Gasteiger partial charge in [-0.1, -0.05) is 0 Å². The minimum absolute atomic E-state index is 0.137. The Morgan fingerprint density at radius 2 is 2.67 bits per heavy atom. The van der Waals surface area contributed by atoms with Crippen molar-refractivity contribution in [1.29, 1.82) is 0 Å². The van der Waals surface area contributed by atoms with Gasteiger partial charge >= 0.3 is 0 Å². The molecule has 1 radical (unpaired) electrons. The van der Waals surface area contributed by atoms with E-state index in [0.717, 1.165) is 11.4 Å². The summed E-state index contributed by atoms with van der Waals surface area (Å²) in [5.74, 6) is 0. The lowest BCUT2D eigenvalue weighted by Gasteiger charge is -1.95. The summed E-state index contributed by atoms with van der Waals surface area (Å²) in [7, 11) is 0. The van der Waals surface area contributed by atoms with Gasteiger partial charge in [-0.05, 0) is 6.92 Å². The molecule has 0 saturated carbocycles. The zero-order chi connectivity index (χ0) is 6.69. The Hall–Kier alpha value is -0.0900. The highest BCUT2D eigenvalue weighted by Crippen LogP contribution is 2.07. The summed E-state index contributed by atoms with van der Waals surface area (Å²) in [6, 6.07) is 0. The van der Waals surface area contributed by atoms with E-state index in [2.05, 4.69) is 29.7 Å². The highest BCUT2D eigenvalue weighted by Gasteiger charge is 1.99. The van der Waals surface area contributed by atoms with Crippen molar-refractivity contribution in [2.45, 2.75) is 11.7 Å². The number of hydrogen-bond donors (Lipinski definition) is 1. The van der Waals surface area contributed by atoms with Crippen molar-refractivity contribution < 1.29 is 0 Å². The highest BCUT2D eigenvalue weighted by atomic mass is 32.1. The lowest BCUT2D eigenvalue weighted by atomic mass is 10.3. The van der Waals surface area contributed by atoms with Gasteiger partial charge < -0.3 is 0 Å². The molecule has 0 spiro atoms. The van der Waals surface area contributed by atoms with Crippen molar-refractivity contribution in [2.24, 2.45) is 0 Å². The van der Waals surface area contributed by atoms with E-state index in [9.17, 15) is 0 Å². The maximum atomic E-state index is 4.11. The summed E-state index contributed by atoms with van der Waals surface area (Å²) in [6.07, 6.45) is 0.813. The summed E-state index contributed by atoms with van der Waals surface area (Å²) in [5.41, 5.74) is 1.71. The van der Waals surface area contributed by atoms with Crippen LogP contribution in [0.5, 0.6) is 0 Å². The third-order valence-electron chi connectivity index (χ3n) is 0.815. The van der Waals surface area contributed by atoms with Gasteiger partial charge in [0.05, 0.1) is 0 Å². The summed E-state index contributed by atoms with van der Waals surface area (Å²) in [5, 5.41) is 8.66. The first kappa shape index (κ1) is 7.02. The molecule has 0 bridgehead atoms. The second kappa shape index (κ2) is 3.17. The Kier molecular flexibility index (Phi) is 2.48. The Morgan fingerprint density at radius 1 is 1.89 bits per heavy atom. The van der Waals surface area contributed by atoms with Gasteiger partial charge in [0.1, 0.15) is 10.5 Å². The van der Waals surface area contributed by atoms with Crippen LogP contribution in [0.2, 0.25) is 0 Å². The van der Waals surface area contributed by atoms with Gasteiger partial charge in [0.25, 0.3) is 0 Å². The van der Waals surface area contributed by atoms with Gasteiger partial charge in [-0.3, -0.25) is 0 Å². The van der Waals surface area contributed by atoms with E-state index in [0.29, 0.717) is 0 Å². The third kappa shape index (κ3) is 2.32. The van der Waals surface area contributed by atoms with E-state index in [1.54, 1.807) is 16.8 Å². The molecule has 1 aromatic heterocycles. The quantitative estimate of drug-likeness (QED) is 0.656. The first-order valence-corrected chi connectivity index (χ1v) is 3.95. The summed E-state index contributed by atoms with van der Waals surface area (Å²) < 4.78 is 0. The summed E-state index contributed by atoms with van der Waals surface area (Å²) in [6.45, 7) is 3.72. The molecule has 1 aromatic rings. The van der Waals surface area contributed by atoms with E-state index in [4.69, 9.17) is 0 Å². The van der Waals surface area contributed by atoms with Crippen LogP contribution in [0.3, 0.4) is 0 Å². The third-order valence-corrected chi connectivity index (χ3v) is 1.72. The van der Waals surface area contributed by atoms with Crippen LogP contribution in [0.15, 0.2) is 5.51 Å². The standard InChI is InChI=1S/C5H7N2S2/c1-4(8)2-5-7-6-3-9-5/h3-4,8H,1-2H2. The fraction of sp³-hybridized carbons (Fsp3) is 0.400. The van der Waals surface area contributed by atoms with Crippen LogP contribution in [0.25, 0.3) is 0 Å². The maximum Gasteiger partial charge on any atom is 0.118 e.